The highest BCUT2D eigenvalue weighted by atomic mass is 35.5. The molecule has 1 fully saturated rings. The molecule has 0 saturated carbocycles. The first-order valence-corrected chi connectivity index (χ1v) is 8.47. The molecule has 24 heavy (non-hydrogen) atoms. The summed E-state index contributed by atoms with van der Waals surface area (Å²) in [7, 11) is 4.90. The Hall–Kier alpha value is -1.62. The number of carbonyl (C=O) groups is 1. The number of aliphatic hydroxyl groups excluding tert-OH is 2. The van der Waals surface area contributed by atoms with E-state index in [-0.39, 0.29) is 11.2 Å². The van der Waals surface area contributed by atoms with Crippen LogP contribution in [0.3, 0.4) is 0 Å². The number of hydrogen-bond donors (Lipinski definition) is 3. The summed E-state index contributed by atoms with van der Waals surface area (Å²) >= 11 is 7.10. The Balaban J connectivity index is 2.02. The monoisotopic (exact) mass is 372 g/mol. The van der Waals surface area contributed by atoms with E-state index < -0.39 is 22.8 Å². The lowest BCUT2D eigenvalue weighted by Gasteiger charge is -2.18. The van der Waals surface area contributed by atoms with Crippen molar-refractivity contribution < 1.29 is 15.0 Å². The summed E-state index contributed by atoms with van der Waals surface area (Å²) in [5.41, 5.74) is 0.910. The number of anilines is 1. The molecule has 2 aromatic heterocycles. The van der Waals surface area contributed by atoms with Gasteiger partial charge in [0.25, 0.3) is 0 Å². The molecule has 0 bridgehead atoms. The first-order chi connectivity index (χ1) is 11.3. The Kier molecular flexibility index (Phi) is 4.56. The molecule has 0 unspecified atom stereocenters. The fraction of sp³-hybridized carbons (Fsp3) is 0.538. The van der Waals surface area contributed by atoms with Gasteiger partial charge in [-0.05, 0) is 11.6 Å². The van der Waals surface area contributed by atoms with Crippen LogP contribution in [0, 0.1) is 0 Å². The molecular weight excluding hydrogens is 356 g/mol. The Morgan fingerprint density at radius 3 is 2.71 bits per heavy atom. The summed E-state index contributed by atoms with van der Waals surface area (Å²) in [6, 6.07) is 0. The van der Waals surface area contributed by atoms with Gasteiger partial charge in [-0.15, -0.1) is 11.8 Å². The molecule has 1 aliphatic rings. The Morgan fingerprint density at radius 2 is 2.08 bits per heavy atom. The van der Waals surface area contributed by atoms with E-state index in [1.54, 1.807) is 25.7 Å². The zero-order valence-corrected chi connectivity index (χ0v) is 14.8. The molecular formula is C13H17ClN6O3S. The number of aromatic nitrogens is 4. The minimum absolute atomic E-state index is 0.0348. The van der Waals surface area contributed by atoms with Crippen molar-refractivity contribution in [2.75, 3.05) is 26.5 Å². The van der Waals surface area contributed by atoms with Gasteiger partial charge in [0.2, 0.25) is 11.2 Å². The quantitative estimate of drug-likeness (QED) is 0.642. The van der Waals surface area contributed by atoms with E-state index in [2.05, 4.69) is 20.3 Å². The molecule has 9 nitrogen and oxygen atoms in total. The molecule has 4 atom stereocenters. The Labute approximate surface area is 147 Å². The number of hydrogen-bond acceptors (Lipinski definition) is 8. The smallest absolute Gasteiger partial charge is 0.238 e. The predicted octanol–water partition coefficient (Wildman–Crippen LogP) is -0.0546. The van der Waals surface area contributed by atoms with Gasteiger partial charge in [-0.2, -0.15) is 9.97 Å². The van der Waals surface area contributed by atoms with Crippen molar-refractivity contribution in [3.63, 3.8) is 0 Å². The van der Waals surface area contributed by atoms with Gasteiger partial charge in [-0.3, -0.25) is 9.36 Å². The summed E-state index contributed by atoms with van der Waals surface area (Å²) in [4.78, 5) is 26.0. The van der Waals surface area contributed by atoms with Crippen LogP contribution in [0.15, 0.2) is 6.33 Å². The molecule has 130 valence electrons. The summed E-state index contributed by atoms with van der Waals surface area (Å²) < 4.78 is 1.60. The van der Waals surface area contributed by atoms with Gasteiger partial charge < -0.3 is 20.4 Å². The van der Waals surface area contributed by atoms with Crippen LogP contribution in [0.5, 0.6) is 0 Å². The molecule has 0 radical (unpaired) electrons. The van der Waals surface area contributed by atoms with Crippen molar-refractivity contribution >= 4 is 46.3 Å². The number of carbonyl (C=O) groups excluding carboxylic acids is 1. The lowest BCUT2D eigenvalue weighted by Crippen LogP contribution is -2.40. The molecule has 0 aromatic carbocycles. The Bertz CT molecular complexity index is 784. The van der Waals surface area contributed by atoms with Crippen LogP contribution in [-0.2, 0) is 4.79 Å². The van der Waals surface area contributed by atoms with Crippen molar-refractivity contribution in [3.05, 3.63) is 11.6 Å². The predicted molar refractivity (Wildman–Crippen MR) is 91.0 cm³/mol. The van der Waals surface area contributed by atoms with Crippen molar-refractivity contribution in [2.24, 2.45) is 0 Å². The van der Waals surface area contributed by atoms with Crippen LogP contribution in [0.1, 0.15) is 5.37 Å². The maximum atomic E-state index is 12.2. The maximum absolute atomic E-state index is 12.2. The first kappa shape index (κ1) is 17.2. The second-order valence-corrected chi connectivity index (χ2v) is 7.18. The molecule has 2 aromatic rings. The number of thioether (sulfide) groups is 1. The normalized spacial score (nSPS) is 26.8. The highest BCUT2D eigenvalue weighted by Crippen LogP contribution is 2.43. The standard InChI is InChI=1S/C13H17ClN6O3S/c1-15-9-5-10(18-13(14)17-9)20(4-16-5)12-7(22)6(21)8(24-12)11(23)19(2)3/h4,6-8,12,21-22H,1-3H3,(H,15,17,18)/t6-,7+,8-,12+/m0/s1. The molecule has 0 spiro atoms. The summed E-state index contributed by atoms with van der Waals surface area (Å²) in [5.74, 6) is 0.199. The van der Waals surface area contributed by atoms with E-state index in [0.717, 1.165) is 11.8 Å². The van der Waals surface area contributed by atoms with E-state index in [4.69, 9.17) is 11.6 Å². The lowest BCUT2D eigenvalue weighted by atomic mass is 10.1. The van der Waals surface area contributed by atoms with E-state index in [1.807, 2.05) is 0 Å². The number of nitrogens with one attached hydrogen (secondary N) is 1. The topological polar surface area (TPSA) is 116 Å². The highest BCUT2D eigenvalue weighted by Gasteiger charge is 2.47. The Morgan fingerprint density at radius 1 is 1.38 bits per heavy atom. The van der Waals surface area contributed by atoms with Crippen LogP contribution < -0.4 is 5.32 Å². The molecule has 1 aliphatic heterocycles. The van der Waals surface area contributed by atoms with Crippen LogP contribution >= 0.6 is 23.4 Å². The van der Waals surface area contributed by atoms with Crippen LogP contribution in [0.4, 0.5) is 5.82 Å². The average molecular weight is 373 g/mol. The third-order valence-corrected chi connectivity index (χ3v) is 5.56. The first-order valence-electron chi connectivity index (χ1n) is 7.15. The number of halogens is 1. The van der Waals surface area contributed by atoms with Crippen molar-refractivity contribution in [3.8, 4) is 0 Å². The van der Waals surface area contributed by atoms with Gasteiger partial charge in [0.1, 0.15) is 22.8 Å². The number of rotatable bonds is 3. The maximum Gasteiger partial charge on any atom is 0.238 e. The van der Waals surface area contributed by atoms with Crippen LogP contribution in [0.25, 0.3) is 11.2 Å². The summed E-state index contributed by atoms with van der Waals surface area (Å²) in [6.45, 7) is 0. The van der Waals surface area contributed by atoms with E-state index in [0.29, 0.717) is 17.0 Å². The van der Waals surface area contributed by atoms with Crippen molar-refractivity contribution in [1.29, 1.82) is 0 Å². The summed E-state index contributed by atoms with van der Waals surface area (Å²) in [5, 5.41) is 22.2. The van der Waals surface area contributed by atoms with E-state index >= 15 is 0 Å². The largest absolute Gasteiger partial charge is 0.389 e. The number of aliphatic hydroxyl groups is 2. The third kappa shape index (κ3) is 2.69. The molecule has 0 aliphatic carbocycles. The van der Waals surface area contributed by atoms with Crippen molar-refractivity contribution in [1.82, 2.24) is 24.4 Å². The summed E-state index contributed by atoms with van der Waals surface area (Å²) in [6.07, 6.45) is -0.839. The van der Waals surface area contributed by atoms with Crippen molar-refractivity contribution in [2.45, 2.75) is 22.8 Å². The fourth-order valence-electron chi connectivity index (χ4n) is 2.60. The SMILES string of the molecule is CNc1nc(Cl)nc2c1ncn2[C@@H]1S[C@H](C(=O)N(C)C)[C@@H](O)[C@H]1O. The molecule has 3 rings (SSSR count). The minimum Gasteiger partial charge on any atom is -0.389 e. The molecule has 3 heterocycles. The third-order valence-electron chi connectivity index (χ3n) is 3.83. The second-order valence-electron chi connectivity index (χ2n) is 5.58. The van der Waals surface area contributed by atoms with Crippen LogP contribution in [0.2, 0.25) is 5.28 Å². The number of amides is 1. The molecule has 11 heteroatoms. The zero-order valence-electron chi connectivity index (χ0n) is 13.2. The van der Waals surface area contributed by atoms with Gasteiger partial charge >= 0.3 is 0 Å². The number of nitrogens with zero attached hydrogens (tertiary/aromatic N) is 5. The van der Waals surface area contributed by atoms with Gasteiger partial charge in [0, 0.05) is 21.1 Å². The molecule has 1 amide bonds. The molecule has 1 saturated heterocycles. The van der Waals surface area contributed by atoms with Gasteiger partial charge in [-0.25, -0.2) is 4.98 Å². The van der Waals surface area contributed by atoms with Gasteiger partial charge in [0.05, 0.1) is 6.33 Å². The highest BCUT2D eigenvalue weighted by molar-refractivity contribution is 8.01. The van der Waals surface area contributed by atoms with Gasteiger partial charge in [-0.1, -0.05) is 0 Å². The minimum atomic E-state index is -1.19. The zero-order chi connectivity index (χ0) is 17.6. The second kappa shape index (κ2) is 6.36. The molecule has 3 N–H and O–H groups in total. The van der Waals surface area contributed by atoms with Gasteiger partial charge in [0.15, 0.2) is 17.0 Å². The van der Waals surface area contributed by atoms with E-state index in [1.165, 1.54) is 11.2 Å². The van der Waals surface area contributed by atoms with Crippen LogP contribution in [-0.4, -0.2) is 79.1 Å². The lowest BCUT2D eigenvalue weighted by molar-refractivity contribution is -0.131. The number of imidazole rings is 1. The average Bonchev–Trinajstić information content (AvgIpc) is 3.08. The van der Waals surface area contributed by atoms with E-state index in [9.17, 15) is 15.0 Å². The number of fused-ring (bicyclic) bond motifs is 1. The fourth-order valence-corrected chi connectivity index (χ4v) is 4.32.